The summed E-state index contributed by atoms with van der Waals surface area (Å²) in [6.45, 7) is 4.05. The lowest BCUT2D eigenvalue weighted by Gasteiger charge is -2.40. The fraction of sp³-hybridized carbons (Fsp3) is 0.444. The number of carbonyl (C=O) groups excluding carboxylic acids is 1. The van der Waals surface area contributed by atoms with Gasteiger partial charge in [0.2, 0.25) is 5.91 Å². The molecule has 6 nitrogen and oxygen atoms in total. The molecule has 134 valence electrons. The van der Waals surface area contributed by atoms with E-state index in [1.807, 2.05) is 13.8 Å². The van der Waals surface area contributed by atoms with E-state index >= 15 is 0 Å². The van der Waals surface area contributed by atoms with E-state index in [0.29, 0.717) is 12.3 Å². The summed E-state index contributed by atoms with van der Waals surface area (Å²) in [4.78, 5) is 13.1. The SMILES string of the molecule is Cc1noc(C)c1CNC(=O)C1(c2ccc(S(C)(=O)=O)cc2)CCC1. The van der Waals surface area contributed by atoms with Crippen molar-refractivity contribution in [2.75, 3.05) is 6.26 Å². The predicted octanol–water partition coefficient (Wildman–Crippen LogP) is 2.43. The van der Waals surface area contributed by atoms with Crippen molar-refractivity contribution < 1.29 is 17.7 Å². The summed E-state index contributed by atoms with van der Waals surface area (Å²) in [5.41, 5.74) is 1.96. The number of rotatable bonds is 5. The molecule has 3 rings (SSSR count). The molecule has 1 aromatic carbocycles. The maximum atomic E-state index is 12.9. The smallest absolute Gasteiger partial charge is 0.230 e. The first-order valence-corrected chi connectivity index (χ1v) is 10.1. The maximum absolute atomic E-state index is 12.9. The van der Waals surface area contributed by atoms with Crippen LogP contribution in [0.5, 0.6) is 0 Å². The van der Waals surface area contributed by atoms with Gasteiger partial charge in [0.15, 0.2) is 9.84 Å². The minimum absolute atomic E-state index is 0.0362. The summed E-state index contributed by atoms with van der Waals surface area (Å²) in [6.07, 6.45) is 3.68. The number of aryl methyl sites for hydroxylation is 2. The van der Waals surface area contributed by atoms with Crippen LogP contribution in [0, 0.1) is 13.8 Å². The van der Waals surface area contributed by atoms with E-state index in [0.717, 1.165) is 36.1 Å². The highest BCUT2D eigenvalue weighted by Gasteiger charge is 2.45. The number of hydrogen-bond donors (Lipinski definition) is 1. The first-order valence-electron chi connectivity index (χ1n) is 8.25. The highest BCUT2D eigenvalue weighted by molar-refractivity contribution is 7.90. The number of sulfone groups is 1. The number of nitrogens with zero attached hydrogens (tertiary/aromatic N) is 1. The van der Waals surface area contributed by atoms with Crippen molar-refractivity contribution in [2.45, 2.75) is 50.0 Å². The van der Waals surface area contributed by atoms with Crippen LogP contribution < -0.4 is 5.32 Å². The average Bonchev–Trinajstić information content (AvgIpc) is 2.82. The van der Waals surface area contributed by atoms with Gasteiger partial charge < -0.3 is 9.84 Å². The molecule has 1 N–H and O–H groups in total. The van der Waals surface area contributed by atoms with Crippen molar-refractivity contribution in [2.24, 2.45) is 0 Å². The molecule has 0 radical (unpaired) electrons. The first kappa shape index (κ1) is 17.7. The number of amides is 1. The Labute approximate surface area is 147 Å². The Hall–Kier alpha value is -2.15. The number of carbonyl (C=O) groups is 1. The van der Waals surface area contributed by atoms with Gasteiger partial charge in [0.1, 0.15) is 5.76 Å². The van der Waals surface area contributed by atoms with Crippen molar-refractivity contribution in [1.29, 1.82) is 0 Å². The van der Waals surface area contributed by atoms with E-state index in [1.54, 1.807) is 24.3 Å². The summed E-state index contributed by atoms with van der Waals surface area (Å²) < 4.78 is 28.4. The highest BCUT2D eigenvalue weighted by atomic mass is 32.2. The van der Waals surface area contributed by atoms with Crippen LogP contribution >= 0.6 is 0 Å². The molecule has 0 aliphatic heterocycles. The molecule has 1 amide bonds. The fourth-order valence-electron chi connectivity index (χ4n) is 3.29. The summed E-state index contributed by atoms with van der Waals surface area (Å²) in [5, 5.41) is 6.89. The van der Waals surface area contributed by atoms with Gasteiger partial charge in [0.05, 0.1) is 16.0 Å². The molecule has 0 spiro atoms. The monoisotopic (exact) mass is 362 g/mol. The second-order valence-electron chi connectivity index (χ2n) is 6.72. The van der Waals surface area contributed by atoms with Gasteiger partial charge in [-0.05, 0) is 44.4 Å². The predicted molar refractivity (Wildman–Crippen MR) is 92.9 cm³/mol. The molecule has 1 saturated carbocycles. The standard InChI is InChI=1S/C18H22N2O4S/c1-12-16(13(2)24-20-12)11-19-17(21)18(9-4-10-18)14-5-7-15(8-6-14)25(3,22)23/h5-8H,4,9-11H2,1-3H3,(H,19,21). The van der Waals surface area contributed by atoms with Crippen LogP contribution in [0.2, 0.25) is 0 Å². The van der Waals surface area contributed by atoms with Gasteiger partial charge >= 0.3 is 0 Å². The molecule has 2 aromatic rings. The Bertz CT molecular complexity index is 874. The second kappa shape index (κ2) is 6.29. The zero-order chi connectivity index (χ0) is 18.2. The summed E-state index contributed by atoms with van der Waals surface area (Å²) >= 11 is 0. The normalized spacial score (nSPS) is 16.3. The van der Waals surface area contributed by atoms with Crippen LogP contribution in [-0.2, 0) is 26.6 Å². The molecule has 0 unspecified atom stereocenters. The van der Waals surface area contributed by atoms with Crippen molar-refractivity contribution in [3.8, 4) is 0 Å². The lowest BCUT2D eigenvalue weighted by Crippen LogP contribution is -2.49. The van der Waals surface area contributed by atoms with Gasteiger partial charge in [0, 0.05) is 18.4 Å². The molecule has 1 heterocycles. The Morgan fingerprint density at radius 1 is 1.24 bits per heavy atom. The quantitative estimate of drug-likeness (QED) is 0.882. The molecule has 0 saturated heterocycles. The molecule has 1 aromatic heterocycles. The van der Waals surface area contributed by atoms with Crippen LogP contribution in [0.25, 0.3) is 0 Å². The summed E-state index contributed by atoms with van der Waals surface area (Å²) in [5.74, 6) is 0.670. The van der Waals surface area contributed by atoms with E-state index in [9.17, 15) is 13.2 Å². The fourth-order valence-corrected chi connectivity index (χ4v) is 3.92. The lowest BCUT2D eigenvalue weighted by atomic mass is 9.64. The van der Waals surface area contributed by atoms with E-state index in [2.05, 4.69) is 10.5 Å². The minimum atomic E-state index is -3.24. The van der Waals surface area contributed by atoms with Crippen LogP contribution in [0.3, 0.4) is 0 Å². The Morgan fingerprint density at radius 2 is 1.88 bits per heavy atom. The van der Waals surface area contributed by atoms with Crippen LogP contribution in [0.4, 0.5) is 0 Å². The van der Waals surface area contributed by atoms with E-state index in [-0.39, 0.29) is 10.8 Å². The van der Waals surface area contributed by atoms with Crippen LogP contribution in [-0.4, -0.2) is 25.7 Å². The molecular formula is C18H22N2O4S. The van der Waals surface area contributed by atoms with Gasteiger partial charge in [-0.1, -0.05) is 23.7 Å². The van der Waals surface area contributed by atoms with E-state index < -0.39 is 15.3 Å². The third-order valence-electron chi connectivity index (χ3n) is 5.08. The second-order valence-corrected chi connectivity index (χ2v) is 8.73. The van der Waals surface area contributed by atoms with Gasteiger partial charge in [-0.3, -0.25) is 4.79 Å². The van der Waals surface area contributed by atoms with Crippen molar-refractivity contribution in [3.63, 3.8) is 0 Å². The Balaban J connectivity index is 1.79. The van der Waals surface area contributed by atoms with Crippen LogP contribution in [0.15, 0.2) is 33.7 Å². The maximum Gasteiger partial charge on any atom is 0.230 e. The van der Waals surface area contributed by atoms with Gasteiger partial charge in [-0.25, -0.2) is 8.42 Å². The van der Waals surface area contributed by atoms with Gasteiger partial charge in [0.25, 0.3) is 0 Å². The third-order valence-corrected chi connectivity index (χ3v) is 6.21. The zero-order valence-corrected chi connectivity index (χ0v) is 15.4. The molecule has 25 heavy (non-hydrogen) atoms. The third kappa shape index (κ3) is 3.20. The number of hydrogen-bond acceptors (Lipinski definition) is 5. The van der Waals surface area contributed by atoms with Crippen molar-refractivity contribution >= 4 is 15.7 Å². The van der Waals surface area contributed by atoms with Crippen molar-refractivity contribution in [3.05, 3.63) is 46.8 Å². The molecular weight excluding hydrogens is 340 g/mol. The Morgan fingerprint density at radius 3 is 2.32 bits per heavy atom. The van der Waals surface area contributed by atoms with Crippen LogP contribution in [0.1, 0.15) is 41.8 Å². The highest BCUT2D eigenvalue weighted by Crippen LogP contribution is 2.44. The molecule has 1 aliphatic carbocycles. The number of nitrogens with one attached hydrogen (secondary N) is 1. The summed E-state index contributed by atoms with van der Waals surface area (Å²) in [7, 11) is -3.24. The van der Waals surface area contributed by atoms with Gasteiger partial charge in [-0.15, -0.1) is 0 Å². The molecule has 0 atom stereocenters. The summed E-state index contributed by atoms with van der Waals surface area (Å²) in [6, 6.07) is 6.66. The number of aromatic nitrogens is 1. The number of benzene rings is 1. The molecule has 7 heteroatoms. The molecule has 1 aliphatic rings. The topological polar surface area (TPSA) is 89.3 Å². The van der Waals surface area contributed by atoms with Crippen molar-refractivity contribution in [1.82, 2.24) is 10.5 Å². The molecule has 0 bridgehead atoms. The van der Waals surface area contributed by atoms with Gasteiger partial charge in [-0.2, -0.15) is 0 Å². The van der Waals surface area contributed by atoms with E-state index in [1.165, 1.54) is 6.26 Å². The largest absolute Gasteiger partial charge is 0.361 e. The zero-order valence-electron chi connectivity index (χ0n) is 14.6. The lowest BCUT2D eigenvalue weighted by molar-refractivity contribution is -0.130. The molecule has 1 fully saturated rings. The average molecular weight is 362 g/mol. The minimum Gasteiger partial charge on any atom is -0.361 e. The first-order chi connectivity index (χ1) is 11.7. The van der Waals surface area contributed by atoms with E-state index in [4.69, 9.17) is 4.52 Å². The Kier molecular flexibility index (Phi) is 4.45.